The van der Waals surface area contributed by atoms with Crippen LogP contribution in [0.25, 0.3) is 10.4 Å². The van der Waals surface area contributed by atoms with Crippen molar-refractivity contribution in [1.82, 2.24) is 0 Å². The van der Waals surface area contributed by atoms with Gasteiger partial charge >= 0.3 is 0 Å². The van der Waals surface area contributed by atoms with Gasteiger partial charge in [-0.1, -0.05) is 36.4 Å². The van der Waals surface area contributed by atoms with Crippen LogP contribution in [0.1, 0.15) is 10.4 Å². The molecule has 0 aliphatic heterocycles. The van der Waals surface area contributed by atoms with E-state index in [9.17, 15) is 0 Å². The van der Waals surface area contributed by atoms with Crippen molar-refractivity contribution >= 4 is 39.6 Å². The van der Waals surface area contributed by atoms with Gasteiger partial charge in [0.15, 0.2) is 0 Å². The van der Waals surface area contributed by atoms with E-state index in [1.165, 1.54) is 30.1 Å². The molecule has 106 valence electrons. The van der Waals surface area contributed by atoms with Crippen molar-refractivity contribution in [1.29, 1.82) is 0 Å². The minimum Gasteiger partial charge on any atom is -0.380 e. The Morgan fingerprint density at radius 2 is 1.81 bits per heavy atom. The fraction of sp³-hybridized carbons (Fsp3) is 0.111. The molecule has 1 nitrogen and oxygen atoms in total. The molecule has 0 radical (unpaired) electrons. The second-order valence-electron chi connectivity index (χ2n) is 4.95. The van der Waals surface area contributed by atoms with Gasteiger partial charge in [0.1, 0.15) is 0 Å². The second kappa shape index (κ2) is 6.62. The Morgan fingerprint density at radius 1 is 1.00 bits per heavy atom. The number of rotatable bonds is 4. The van der Waals surface area contributed by atoms with E-state index in [1.807, 2.05) is 11.3 Å². The first kappa shape index (κ1) is 14.6. The minimum absolute atomic E-state index is 0.872. The molecule has 0 amide bonds. The lowest BCUT2D eigenvalue weighted by atomic mass is 10.2. The highest BCUT2D eigenvalue weighted by Crippen LogP contribution is 2.28. The zero-order chi connectivity index (χ0) is 14.7. The summed E-state index contributed by atoms with van der Waals surface area (Å²) in [6.07, 6.45) is 0. The largest absolute Gasteiger partial charge is 0.380 e. The third kappa shape index (κ3) is 3.66. The molecule has 21 heavy (non-hydrogen) atoms. The van der Waals surface area contributed by atoms with Crippen LogP contribution in [0.5, 0.6) is 0 Å². The molecule has 3 aromatic rings. The summed E-state index contributed by atoms with van der Waals surface area (Å²) in [6.45, 7) is 3.01. The van der Waals surface area contributed by atoms with Crippen molar-refractivity contribution in [2.24, 2.45) is 0 Å². The highest BCUT2D eigenvalue weighted by Gasteiger charge is 2.03. The normalized spacial score (nSPS) is 10.6. The summed E-state index contributed by atoms with van der Waals surface area (Å²) in [5.74, 6) is 0. The number of benzene rings is 2. The molecule has 0 saturated heterocycles. The van der Waals surface area contributed by atoms with Crippen LogP contribution in [-0.4, -0.2) is 0 Å². The van der Waals surface area contributed by atoms with E-state index >= 15 is 0 Å². The van der Waals surface area contributed by atoms with Crippen LogP contribution in [0.2, 0.25) is 0 Å². The number of anilines is 1. The molecule has 1 N–H and O–H groups in total. The van der Waals surface area contributed by atoms with Gasteiger partial charge in [-0.15, -0.1) is 11.3 Å². The lowest BCUT2D eigenvalue weighted by Gasteiger charge is -2.06. The molecule has 0 fully saturated rings. The van der Waals surface area contributed by atoms with Crippen LogP contribution in [0.3, 0.4) is 0 Å². The van der Waals surface area contributed by atoms with Crippen LogP contribution in [0.4, 0.5) is 5.69 Å². The van der Waals surface area contributed by atoms with Gasteiger partial charge in [0, 0.05) is 25.6 Å². The summed E-state index contributed by atoms with van der Waals surface area (Å²) >= 11 is 4.23. The Kier molecular flexibility index (Phi) is 4.60. The molecular weight excluding hydrogens is 389 g/mol. The summed E-state index contributed by atoms with van der Waals surface area (Å²) in [7, 11) is 0. The summed E-state index contributed by atoms with van der Waals surface area (Å²) < 4.78 is 1.30. The fourth-order valence-electron chi connectivity index (χ4n) is 2.12. The van der Waals surface area contributed by atoms with Crippen molar-refractivity contribution in [3.63, 3.8) is 0 Å². The van der Waals surface area contributed by atoms with E-state index < -0.39 is 0 Å². The molecule has 0 unspecified atom stereocenters. The second-order valence-corrected chi connectivity index (χ2v) is 7.28. The van der Waals surface area contributed by atoms with Crippen molar-refractivity contribution in [3.8, 4) is 10.4 Å². The Bertz CT molecular complexity index is 734. The maximum Gasteiger partial charge on any atom is 0.0494 e. The molecule has 3 rings (SSSR count). The summed E-state index contributed by atoms with van der Waals surface area (Å²) in [5, 5.41) is 3.50. The molecule has 0 saturated carbocycles. The van der Waals surface area contributed by atoms with Gasteiger partial charge in [0.2, 0.25) is 0 Å². The van der Waals surface area contributed by atoms with Crippen LogP contribution in [-0.2, 0) is 6.54 Å². The first-order valence-electron chi connectivity index (χ1n) is 6.86. The minimum atomic E-state index is 0.872. The maximum atomic E-state index is 3.50. The quantitative estimate of drug-likeness (QED) is 0.530. The standard InChI is InChI=1S/C18H16INS/c1-13-7-8-15(11-17(13)19)20-12-16-9-10-18(21-16)14-5-3-2-4-6-14/h2-11,20H,12H2,1H3. The summed E-state index contributed by atoms with van der Waals surface area (Å²) in [5.41, 5.74) is 3.79. The summed E-state index contributed by atoms with van der Waals surface area (Å²) in [4.78, 5) is 2.68. The van der Waals surface area contributed by atoms with Gasteiger partial charge in [-0.2, -0.15) is 0 Å². The molecule has 2 aromatic carbocycles. The Labute approximate surface area is 143 Å². The van der Waals surface area contributed by atoms with E-state index in [0.29, 0.717) is 0 Å². The lowest BCUT2D eigenvalue weighted by Crippen LogP contribution is -1.97. The van der Waals surface area contributed by atoms with E-state index in [0.717, 1.165) is 6.54 Å². The predicted molar refractivity (Wildman–Crippen MR) is 101 cm³/mol. The SMILES string of the molecule is Cc1ccc(NCc2ccc(-c3ccccc3)s2)cc1I. The van der Waals surface area contributed by atoms with Crippen molar-refractivity contribution < 1.29 is 0 Å². The zero-order valence-corrected chi connectivity index (χ0v) is 14.7. The number of hydrogen-bond acceptors (Lipinski definition) is 2. The molecular formula is C18H16INS. The Morgan fingerprint density at radius 3 is 2.57 bits per heavy atom. The van der Waals surface area contributed by atoms with Crippen LogP contribution in [0.15, 0.2) is 60.7 Å². The van der Waals surface area contributed by atoms with E-state index in [2.05, 4.69) is 95.5 Å². The van der Waals surface area contributed by atoms with Gasteiger partial charge in [-0.25, -0.2) is 0 Å². The van der Waals surface area contributed by atoms with E-state index in [4.69, 9.17) is 0 Å². The molecule has 0 atom stereocenters. The molecule has 0 spiro atoms. The van der Waals surface area contributed by atoms with Gasteiger partial charge in [0.25, 0.3) is 0 Å². The monoisotopic (exact) mass is 405 g/mol. The lowest BCUT2D eigenvalue weighted by molar-refractivity contribution is 1.19. The molecule has 0 aliphatic rings. The number of nitrogens with one attached hydrogen (secondary N) is 1. The first-order valence-corrected chi connectivity index (χ1v) is 8.76. The molecule has 0 aliphatic carbocycles. The zero-order valence-electron chi connectivity index (χ0n) is 11.8. The molecule has 0 bridgehead atoms. The van der Waals surface area contributed by atoms with E-state index in [1.54, 1.807) is 0 Å². The van der Waals surface area contributed by atoms with Gasteiger partial charge in [-0.3, -0.25) is 0 Å². The van der Waals surface area contributed by atoms with Crippen molar-refractivity contribution in [3.05, 3.63) is 74.7 Å². The predicted octanol–water partition coefficient (Wildman–Crippen LogP) is 5.94. The van der Waals surface area contributed by atoms with Crippen LogP contribution < -0.4 is 5.32 Å². The van der Waals surface area contributed by atoms with Crippen LogP contribution in [0, 0.1) is 10.5 Å². The van der Waals surface area contributed by atoms with Crippen molar-refractivity contribution in [2.75, 3.05) is 5.32 Å². The number of hydrogen-bond donors (Lipinski definition) is 1. The number of aryl methyl sites for hydroxylation is 1. The third-order valence-electron chi connectivity index (χ3n) is 3.36. The Hall–Kier alpha value is -1.33. The maximum absolute atomic E-state index is 3.50. The molecule has 1 heterocycles. The Balaban J connectivity index is 1.69. The topological polar surface area (TPSA) is 12.0 Å². The van der Waals surface area contributed by atoms with Gasteiger partial charge < -0.3 is 5.32 Å². The average Bonchev–Trinajstić information content (AvgIpc) is 2.98. The first-order chi connectivity index (χ1) is 10.2. The van der Waals surface area contributed by atoms with Crippen LogP contribution >= 0.6 is 33.9 Å². The number of halogens is 1. The number of thiophene rings is 1. The van der Waals surface area contributed by atoms with Gasteiger partial charge in [-0.05, 0) is 64.9 Å². The smallest absolute Gasteiger partial charge is 0.0494 e. The summed E-state index contributed by atoms with van der Waals surface area (Å²) in [6, 6.07) is 21.4. The third-order valence-corrected chi connectivity index (χ3v) is 5.66. The van der Waals surface area contributed by atoms with E-state index in [-0.39, 0.29) is 0 Å². The van der Waals surface area contributed by atoms with Gasteiger partial charge in [0.05, 0.1) is 0 Å². The average molecular weight is 405 g/mol. The van der Waals surface area contributed by atoms with Crippen molar-refractivity contribution in [2.45, 2.75) is 13.5 Å². The molecule has 3 heteroatoms. The highest BCUT2D eigenvalue weighted by molar-refractivity contribution is 14.1. The molecule has 1 aromatic heterocycles. The fourth-order valence-corrected chi connectivity index (χ4v) is 3.59. The highest BCUT2D eigenvalue weighted by atomic mass is 127.